The Morgan fingerprint density at radius 3 is 2.36 bits per heavy atom. The Balaban J connectivity index is 2.57. The Hall–Kier alpha value is -0.280. The number of rotatable bonds is 1. The van der Waals surface area contributed by atoms with E-state index in [0.29, 0.717) is 5.25 Å². The summed E-state index contributed by atoms with van der Waals surface area (Å²) in [7, 11) is 0. The zero-order valence-electron chi connectivity index (χ0n) is 6.65. The van der Waals surface area contributed by atoms with Crippen LogP contribution in [0.25, 0.3) is 0 Å². The van der Waals surface area contributed by atoms with E-state index in [4.69, 9.17) is 12.2 Å². The fourth-order valence-electron chi connectivity index (χ4n) is 0.719. The van der Waals surface area contributed by atoms with Gasteiger partial charge in [-0.3, -0.25) is 0 Å². The first kappa shape index (κ1) is 8.81. The van der Waals surface area contributed by atoms with E-state index in [0.717, 1.165) is 4.32 Å². The Morgan fingerprint density at radius 2 is 1.91 bits per heavy atom. The summed E-state index contributed by atoms with van der Waals surface area (Å²) in [6.45, 7) is 4.28. The summed E-state index contributed by atoms with van der Waals surface area (Å²) in [5.41, 5.74) is 0. The summed E-state index contributed by atoms with van der Waals surface area (Å²) in [4.78, 5) is 0. The molecule has 3 heteroatoms. The highest BCUT2D eigenvalue weighted by atomic mass is 32.2. The maximum Gasteiger partial charge on any atom is 0.144 e. The molecule has 0 aliphatic heterocycles. The molecule has 60 valence electrons. The highest BCUT2D eigenvalue weighted by Gasteiger charge is 2.01. The number of nitrogens with zero attached hydrogens (tertiary/aromatic N) is 1. The van der Waals surface area contributed by atoms with Gasteiger partial charge in [0.05, 0.1) is 0 Å². The summed E-state index contributed by atoms with van der Waals surface area (Å²) >= 11 is 6.88. The molecule has 1 rings (SSSR count). The summed E-state index contributed by atoms with van der Waals surface area (Å²) in [6.07, 6.45) is 3.94. The quantitative estimate of drug-likeness (QED) is 0.620. The van der Waals surface area contributed by atoms with Crippen molar-refractivity contribution in [2.75, 3.05) is 0 Å². The van der Waals surface area contributed by atoms with Gasteiger partial charge in [-0.25, -0.2) is 0 Å². The summed E-state index contributed by atoms with van der Waals surface area (Å²) in [5.74, 6) is 0. The van der Waals surface area contributed by atoms with Crippen LogP contribution in [0, 0.1) is 0 Å². The van der Waals surface area contributed by atoms with Gasteiger partial charge in [-0.15, -0.1) is 0 Å². The molecule has 11 heavy (non-hydrogen) atoms. The number of thiocarbonyl (C=S) groups is 1. The fourth-order valence-corrected chi connectivity index (χ4v) is 2.06. The standard InChI is InChI=1S/C8H11NS2/c1-7(2)11-8(10)9-5-3-4-6-9/h3-7H,1-2H3. The molecule has 0 aliphatic rings. The predicted molar refractivity (Wildman–Crippen MR) is 55.2 cm³/mol. The van der Waals surface area contributed by atoms with Crippen molar-refractivity contribution in [1.82, 2.24) is 4.57 Å². The lowest BCUT2D eigenvalue weighted by molar-refractivity contribution is 1.12. The van der Waals surface area contributed by atoms with E-state index in [2.05, 4.69) is 13.8 Å². The monoisotopic (exact) mass is 185 g/mol. The number of aromatic nitrogens is 1. The van der Waals surface area contributed by atoms with Gasteiger partial charge in [-0.2, -0.15) is 0 Å². The molecule has 1 nitrogen and oxygen atoms in total. The zero-order chi connectivity index (χ0) is 8.27. The average molecular weight is 185 g/mol. The van der Waals surface area contributed by atoms with Crippen LogP contribution in [0.2, 0.25) is 0 Å². The molecule has 0 bridgehead atoms. The fraction of sp³-hybridized carbons (Fsp3) is 0.375. The second kappa shape index (κ2) is 3.93. The van der Waals surface area contributed by atoms with Gasteiger partial charge >= 0.3 is 0 Å². The molecule has 0 saturated carbocycles. The van der Waals surface area contributed by atoms with Gasteiger partial charge in [0.1, 0.15) is 4.32 Å². The molecule has 1 aromatic rings. The maximum absolute atomic E-state index is 5.18. The third kappa shape index (κ3) is 2.67. The first-order valence-electron chi connectivity index (χ1n) is 3.54. The van der Waals surface area contributed by atoms with Crippen molar-refractivity contribution in [3.63, 3.8) is 0 Å². The van der Waals surface area contributed by atoms with Crippen molar-refractivity contribution in [2.24, 2.45) is 0 Å². The second-order valence-electron chi connectivity index (χ2n) is 2.52. The highest BCUT2D eigenvalue weighted by Crippen LogP contribution is 2.13. The molecule has 1 heterocycles. The molecule has 0 radical (unpaired) electrons. The molecular weight excluding hydrogens is 174 g/mol. The van der Waals surface area contributed by atoms with Crippen LogP contribution in [-0.2, 0) is 0 Å². The van der Waals surface area contributed by atoms with Crippen molar-refractivity contribution in [2.45, 2.75) is 19.1 Å². The van der Waals surface area contributed by atoms with Crippen LogP contribution in [0.1, 0.15) is 13.8 Å². The predicted octanol–water partition coefficient (Wildman–Crippen LogP) is 2.76. The lowest BCUT2D eigenvalue weighted by Crippen LogP contribution is -2.04. The minimum Gasteiger partial charge on any atom is -0.310 e. The van der Waals surface area contributed by atoms with E-state index in [1.807, 2.05) is 29.1 Å². The molecule has 0 fully saturated rings. The van der Waals surface area contributed by atoms with Crippen LogP contribution in [-0.4, -0.2) is 14.1 Å². The van der Waals surface area contributed by atoms with E-state index in [9.17, 15) is 0 Å². The Labute approximate surface area is 76.8 Å². The number of hydrogen-bond donors (Lipinski definition) is 0. The minimum absolute atomic E-state index is 0.560. The molecule has 0 aliphatic carbocycles. The van der Waals surface area contributed by atoms with E-state index >= 15 is 0 Å². The zero-order valence-corrected chi connectivity index (χ0v) is 8.28. The van der Waals surface area contributed by atoms with Gasteiger partial charge in [-0.05, 0) is 12.1 Å². The lowest BCUT2D eigenvalue weighted by atomic mass is 10.6. The van der Waals surface area contributed by atoms with Crippen molar-refractivity contribution < 1.29 is 0 Å². The van der Waals surface area contributed by atoms with Crippen LogP contribution in [0.3, 0.4) is 0 Å². The maximum atomic E-state index is 5.18. The molecule has 1 aromatic heterocycles. The SMILES string of the molecule is CC(C)SC(=S)n1cccc1. The van der Waals surface area contributed by atoms with E-state index in [1.54, 1.807) is 11.8 Å². The van der Waals surface area contributed by atoms with Crippen LogP contribution >= 0.6 is 24.0 Å². The Morgan fingerprint density at radius 1 is 1.36 bits per heavy atom. The topological polar surface area (TPSA) is 4.93 Å². The van der Waals surface area contributed by atoms with Crippen molar-refractivity contribution in [1.29, 1.82) is 0 Å². The largest absolute Gasteiger partial charge is 0.310 e. The Bertz CT molecular complexity index is 226. The Kier molecular flexibility index (Phi) is 3.15. The van der Waals surface area contributed by atoms with Gasteiger partial charge in [0.15, 0.2) is 0 Å². The van der Waals surface area contributed by atoms with Gasteiger partial charge < -0.3 is 4.57 Å². The molecule has 0 atom stereocenters. The molecule has 0 amide bonds. The molecule has 0 unspecified atom stereocenters. The van der Waals surface area contributed by atoms with Crippen LogP contribution < -0.4 is 0 Å². The first-order chi connectivity index (χ1) is 5.20. The summed E-state index contributed by atoms with van der Waals surface area (Å²) in [5, 5.41) is 0.560. The van der Waals surface area contributed by atoms with Gasteiger partial charge in [0.25, 0.3) is 0 Å². The van der Waals surface area contributed by atoms with Crippen molar-refractivity contribution in [3.05, 3.63) is 24.5 Å². The van der Waals surface area contributed by atoms with E-state index in [-0.39, 0.29) is 0 Å². The number of thioether (sulfide) groups is 1. The van der Waals surface area contributed by atoms with E-state index in [1.165, 1.54) is 0 Å². The summed E-state index contributed by atoms with van der Waals surface area (Å²) < 4.78 is 2.88. The first-order valence-corrected chi connectivity index (χ1v) is 4.83. The van der Waals surface area contributed by atoms with Gasteiger partial charge in [-0.1, -0.05) is 37.8 Å². The van der Waals surface area contributed by atoms with E-state index < -0.39 is 0 Å². The average Bonchev–Trinajstić information content (AvgIpc) is 2.35. The third-order valence-electron chi connectivity index (χ3n) is 1.15. The molecule has 0 aromatic carbocycles. The molecule has 0 N–H and O–H groups in total. The normalized spacial score (nSPS) is 10.5. The van der Waals surface area contributed by atoms with Crippen LogP contribution in [0.5, 0.6) is 0 Å². The molecular formula is C8H11NS2. The molecule has 0 spiro atoms. The highest BCUT2D eigenvalue weighted by molar-refractivity contribution is 8.23. The van der Waals surface area contributed by atoms with Gasteiger partial charge in [0, 0.05) is 17.6 Å². The van der Waals surface area contributed by atoms with Crippen LogP contribution in [0.15, 0.2) is 24.5 Å². The smallest absolute Gasteiger partial charge is 0.144 e. The minimum atomic E-state index is 0.560. The number of hydrogen-bond acceptors (Lipinski definition) is 2. The van der Waals surface area contributed by atoms with Gasteiger partial charge in [0.2, 0.25) is 0 Å². The van der Waals surface area contributed by atoms with Crippen molar-refractivity contribution in [3.8, 4) is 0 Å². The third-order valence-corrected chi connectivity index (χ3v) is 2.54. The van der Waals surface area contributed by atoms with Crippen molar-refractivity contribution >= 4 is 28.3 Å². The van der Waals surface area contributed by atoms with Crippen LogP contribution in [0.4, 0.5) is 0 Å². The summed E-state index contributed by atoms with van der Waals surface area (Å²) in [6, 6.07) is 3.96. The molecule has 0 saturated heterocycles. The second-order valence-corrected chi connectivity index (χ2v) is 4.73. The lowest BCUT2D eigenvalue weighted by Gasteiger charge is -2.06.